The third kappa shape index (κ3) is 4.96. The van der Waals surface area contributed by atoms with Crippen LogP contribution >= 0.6 is 11.8 Å². The molecular weight excluding hydrogens is 237 g/mol. The normalized spacial score (nSPS) is 12.5. The zero-order valence-corrected chi connectivity index (χ0v) is 11.2. The fourth-order valence-corrected chi connectivity index (χ4v) is 2.06. The third-order valence-corrected chi connectivity index (χ3v) is 3.13. The number of hydrogen-bond donors (Lipinski definition) is 1. The summed E-state index contributed by atoms with van der Waals surface area (Å²) in [5, 5.41) is 0. The first-order valence-electron chi connectivity index (χ1n) is 5.88. The SMILES string of the molecule is CCSCCOc1c(F)cccc1CC(C)N. The van der Waals surface area contributed by atoms with Crippen LogP contribution in [0.1, 0.15) is 19.4 Å². The molecule has 0 spiro atoms. The molecular formula is C13H20FNOS. The summed E-state index contributed by atoms with van der Waals surface area (Å²) in [7, 11) is 0. The van der Waals surface area contributed by atoms with Gasteiger partial charge in [-0.2, -0.15) is 11.8 Å². The van der Waals surface area contributed by atoms with E-state index in [-0.39, 0.29) is 11.9 Å². The van der Waals surface area contributed by atoms with Gasteiger partial charge in [0.25, 0.3) is 0 Å². The first kappa shape index (κ1) is 14.3. The van der Waals surface area contributed by atoms with Crippen molar-refractivity contribution in [1.82, 2.24) is 0 Å². The molecule has 1 aromatic rings. The van der Waals surface area contributed by atoms with Crippen LogP contribution in [0.25, 0.3) is 0 Å². The molecule has 0 heterocycles. The Morgan fingerprint density at radius 3 is 2.88 bits per heavy atom. The van der Waals surface area contributed by atoms with Crippen molar-refractivity contribution in [3.63, 3.8) is 0 Å². The van der Waals surface area contributed by atoms with Crippen molar-refractivity contribution in [1.29, 1.82) is 0 Å². The fraction of sp³-hybridized carbons (Fsp3) is 0.538. The quantitative estimate of drug-likeness (QED) is 0.763. The Morgan fingerprint density at radius 2 is 2.24 bits per heavy atom. The van der Waals surface area contributed by atoms with Gasteiger partial charge in [0.05, 0.1) is 6.61 Å². The van der Waals surface area contributed by atoms with Crippen LogP contribution in [0.5, 0.6) is 5.75 Å². The molecule has 0 saturated heterocycles. The van der Waals surface area contributed by atoms with Crippen LogP contribution in [-0.2, 0) is 6.42 Å². The molecule has 96 valence electrons. The summed E-state index contributed by atoms with van der Waals surface area (Å²) in [6, 6.07) is 4.99. The predicted octanol–water partition coefficient (Wildman–Crippen LogP) is 2.85. The summed E-state index contributed by atoms with van der Waals surface area (Å²) in [5.41, 5.74) is 6.59. The fourth-order valence-electron chi connectivity index (χ4n) is 1.57. The maximum Gasteiger partial charge on any atom is 0.165 e. The molecule has 0 aliphatic heterocycles. The van der Waals surface area contributed by atoms with Crippen LogP contribution in [-0.4, -0.2) is 24.2 Å². The molecule has 17 heavy (non-hydrogen) atoms. The van der Waals surface area contributed by atoms with Crippen LogP contribution in [0.3, 0.4) is 0 Å². The van der Waals surface area contributed by atoms with Gasteiger partial charge in [0.2, 0.25) is 0 Å². The van der Waals surface area contributed by atoms with Gasteiger partial charge in [-0.05, 0) is 30.7 Å². The number of ether oxygens (including phenoxy) is 1. The van der Waals surface area contributed by atoms with Crippen molar-refractivity contribution in [2.24, 2.45) is 5.73 Å². The Hall–Kier alpha value is -0.740. The Labute approximate surface area is 107 Å². The smallest absolute Gasteiger partial charge is 0.165 e. The number of thioether (sulfide) groups is 1. The largest absolute Gasteiger partial charge is 0.489 e. The summed E-state index contributed by atoms with van der Waals surface area (Å²) >= 11 is 1.78. The Bertz CT molecular complexity index is 344. The molecule has 0 radical (unpaired) electrons. The van der Waals surface area contributed by atoms with Crippen LogP contribution in [0.15, 0.2) is 18.2 Å². The minimum Gasteiger partial charge on any atom is -0.489 e. The summed E-state index contributed by atoms with van der Waals surface area (Å²) < 4.78 is 19.2. The minimum atomic E-state index is -0.301. The number of halogens is 1. The van der Waals surface area contributed by atoms with E-state index in [1.165, 1.54) is 6.07 Å². The van der Waals surface area contributed by atoms with Gasteiger partial charge in [-0.1, -0.05) is 19.1 Å². The molecule has 0 fully saturated rings. The van der Waals surface area contributed by atoms with E-state index < -0.39 is 0 Å². The van der Waals surface area contributed by atoms with Gasteiger partial charge < -0.3 is 10.5 Å². The van der Waals surface area contributed by atoms with Crippen LogP contribution in [0, 0.1) is 5.82 Å². The molecule has 2 N–H and O–H groups in total. The highest BCUT2D eigenvalue weighted by atomic mass is 32.2. The van der Waals surface area contributed by atoms with Gasteiger partial charge in [-0.15, -0.1) is 0 Å². The first-order chi connectivity index (χ1) is 8.15. The van der Waals surface area contributed by atoms with Gasteiger partial charge >= 0.3 is 0 Å². The van der Waals surface area contributed by atoms with Crippen molar-refractivity contribution >= 4 is 11.8 Å². The zero-order chi connectivity index (χ0) is 12.7. The Balaban J connectivity index is 2.66. The average molecular weight is 257 g/mol. The number of benzene rings is 1. The number of rotatable bonds is 7. The molecule has 1 rings (SSSR count). The lowest BCUT2D eigenvalue weighted by atomic mass is 10.1. The summed E-state index contributed by atoms with van der Waals surface area (Å²) in [6.45, 7) is 4.53. The second-order valence-corrected chi connectivity index (χ2v) is 5.35. The third-order valence-electron chi connectivity index (χ3n) is 2.27. The van der Waals surface area contributed by atoms with Crippen LogP contribution in [0.4, 0.5) is 4.39 Å². The zero-order valence-electron chi connectivity index (χ0n) is 10.4. The van der Waals surface area contributed by atoms with E-state index in [2.05, 4.69) is 6.92 Å². The minimum absolute atomic E-state index is 0.00386. The molecule has 0 aromatic heterocycles. The van der Waals surface area contributed by atoms with Crippen molar-refractivity contribution in [2.45, 2.75) is 26.3 Å². The molecule has 2 nitrogen and oxygen atoms in total. The molecule has 1 atom stereocenters. The second-order valence-electron chi connectivity index (χ2n) is 3.95. The van der Waals surface area contributed by atoms with E-state index in [1.54, 1.807) is 17.8 Å². The number of para-hydroxylation sites is 1. The number of hydrogen-bond acceptors (Lipinski definition) is 3. The molecule has 0 amide bonds. The first-order valence-corrected chi connectivity index (χ1v) is 7.04. The molecule has 0 aliphatic rings. The average Bonchev–Trinajstić information content (AvgIpc) is 2.26. The molecule has 4 heteroatoms. The van der Waals surface area contributed by atoms with Crippen LogP contribution < -0.4 is 10.5 Å². The monoisotopic (exact) mass is 257 g/mol. The van der Waals surface area contributed by atoms with E-state index in [9.17, 15) is 4.39 Å². The lowest BCUT2D eigenvalue weighted by molar-refractivity contribution is 0.320. The molecule has 1 aromatic carbocycles. The van der Waals surface area contributed by atoms with Crippen molar-refractivity contribution < 1.29 is 9.13 Å². The van der Waals surface area contributed by atoms with E-state index in [0.717, 1.165) is 17.1 Å². The van der Waals surface area contributed by atoms with Crippen molar-refractivity contribution in [3.8, 4) is 5.75 Å². The topological polar surface area (TPSA) is 35.2 Å². The number of nitrogens with two attached hydrogens (primary N) is 1. The van der Waals surface area contributed by atoms with Gasteiger partial charge in [0, 0.05) is 11.8 Å². The lowest BCUT2D eigenvalue weighted by Gasteiger charge is -2.13. The maximum atomic E-state index is 13.6. The summed E-state index contributed by atoms with van der Waals surface area (Å²) in [5.74, 6) is 1.99. The lowest BCUT2D eigenvalue weighted by Crippen LogP contribution is -2.18. The van der Waals surface area contributed by atoms with E-state index >= 15 is 0 Å². The summed E-state index contributed by atoms with van der Waals surface area (Å²) in [4.78, 5) is 0. The van der Waals surface area contributed by atoms with Gasteiger partial charge in [-0.3, -0.25) is 0 Å². The molecule has 1 unspecified atom stereocenters. The Morgan fingerprint density at radius 1 is 1.47 bits per heavy atom. The van der Waals surface area contributed by atoms with Gasteiger partial charge in [-0.25, -0.2) is 4.39 Å². The summed E-state index contributed by atoms with van der Waals surface area (Å²) in [6.07, 6.45) is 0.633. The van der Waals surface area contributed by atoms with Gasteiger partial charge in [0.1, 0.15) is 0 Å². The molecule has 0 bridgehead atoms. The van der Waals surface area contributed by atoms with E-state index in [0.29, 0.717) is 18.8 Å². The van der Waals surface area contributed by atoms with E-state index in [4.69, 9.17) is 10.5 Å². The van der Waals surface area contributed by atoms with Crippen molar-refractivity contribution in [2.75, 3.05) is 18.1 Å². The van der Waals surface area contributed by atoms with Crippen LogP contribution in [0.2, 0.25) is 0 Å². The maximum absolute atomic E-state index is 13.6. The highest BCUT2D eigenvalue weighted by Crippen LogP contribution is 2.24. The highest BCUT2D eigenvalue weighted by Gasteiger charge is 2.11. The molecule has 0 saturated carbocycles. The van der Waals surface area contributed by atoms with E-state index in [1.807, 2.05) is 13.0 Å². The van der Waals surface area contributed by atoms with Gasteiger partial charge in [0.15, 0.2) is 11.6 Å². The van der Waals surface area contributed by atoms with Crippen molar-refractivity contribution in [3.05, 3.63) is 29.6 Å². The standard InChI is InChI=1S/C13H20FNOS/c1-3-17-8-7-16-13-11(9-10(2)15)5-4-6-12(13)14/h4-6,10H,3,7-9,15H2,1-2H3. The highest BCUT2D eigenvalue weighted by molar-refractivity contribution is 7.99. The predicted molar refractivity (Wildman–Crippen MR) is 72.2 cm³/mol. The molecule has 0 aliphatic carbocycles. The Kier molecular flexibility index (Phi) is 6.37. The second kappa shape index (κ2) is 7.56.